The second-order valence-corrected chi connectivity index (χ2v) is 7.10. The predicted molar refractivity (Wildman–Crippen MR) is 99.0 cm³/mol. The summed E-state index contributed by atoms with van der Waals surface area (Å²) in [4.78, 5) is 18.4. The summed E-state index contributed by atoms with van der Waals surface area (Å²) in [6.45, 7) is 2.14. The maximum atomic E-state index is 14.0. The van der Waals surface area contributed by atoms with Gasteiger partial charge >= 0.3 is 0 Å². The number of rotatable bonds is 4. The standard InChI is InChI=1S/C19H19ClFN3O3/c20-14-8-15(21)18(22-10-14)24-5-3-12(4-6-24)9-23-19(25)13-1-2-16-17(7-13)27-11-26-16/h1-2,7-8,10,12H,3-6,9,11H2,(H,23,25). The molecule has 6 nitrogen and oxygen atoms in total. The van der Waals surface area contributed by atoms with Gasteiger partial charge < -0.3 is 19.7 Å². The van der Waals surface area contributed by atoms with Gasteiger partial charge in [0.05, 0.1) is 5.02 Å². The number of nitrogens with zero attached hydrogens (tertiary/aromatic N) is 2. The van der Waals surface area contributed by atoms with Crippen LogP contribution in [0.4, 0.5) is 10.2 Å². The minimum absolute atomic E-state index is 0.138. The number of piperidine rings is 1. The molecule has 27 heavy (non-hydrogen) atoms. The zero-order valence-electron chi connectivity index (χ0n) is 14.6. The smallest absolute Gasteiger partial charge is 0.251 e. The summed E-state index contributed by atoms with van der Waals surface area (Å²) in [5.41, 5.74) is 0.545. The molecule has 3 heterocycles. The Morgan fingerprint density at radius 2 is 2.04 bits per heavy atom. The van der Waals surface area contributed by atoms with E-state index < -0.39 is 5.82 Å². The van der Waals surface area contributed by atoms with E-state index in [1.807, 2.05) is 4.90 Å². The fourth-order valence-electron chi connectivity index (χ4n) is 3.37. The first-order chi connectivity index (χ1) is 13.1. The van der Waals surface area contributed by atoms with Gasteiger partial charge in [-0.1, -0.05) is 11.6 Å². The van der Waals surface area contributed by atoms with Crippen molar-refractivity contribution in [3.63, 3.8) is 0 Å². The van der Waals surface area contributed by atoms with Crippen LogP contribution in [0.15, 0.2) is 30.5 Å². The van der Waals surface area contributed by atoms with E-state index in [1.165, 1.54) is 12.3 Å². The van der Waals surface area contributed by atoms with Gasteiger partial charge in [0.25, 0.3) is 5.91 Å². The number of halogens is 2. The van der Waals surface area contributed by atoms with Crippen LogP contribution in [0.1, 0.15) is 23.2 Å². The highest BCUT2D eigenvalue weighted by Gasteiger charge is 2.23. The summed E-state index contributed by atoms with van der Waals surface area (Å²) in [6.07, 6.45) is 3.16. The lowest BCUT2D eigenvalue weighted by Crippen LogP contribution is -2.39. The Kier molecular flexibility index (Phi) is 5.03. The molecule has 2 aliphatic rings. The Labute approximate surface area is 161 Å². The molecule has 4 rings (SSSR count). The number of hydrogen-bond donors (Lipinski definition) is 1. The summed E-state index contributed by atoms with van der Waals surface area (Å²) in [7, 11) is 0. The average Bonchev–Trinajstić information content (AvgIpc) is 3.14. The molecule has 2 aliphatic heterocycles. The van der Waals surface area contributed by atoms with Gasteiger partial charge in [0.1, 0.15) is 0 Å². The predicted octanol–water partition coefficient (Wildman–Crippen LogP) is 3.25. The third-order valence-corrected chi connectivity index (χ3v) is 5.10. The van der Waals surface area contributed by atoms with Crippen LogP contribution in [0.5, 0.6) is 11.5 Å². The summed E-state index contributed by atoms with van der Waals surface area (Å²) in [6, 6.07) is 6.43. The minimum atomic E-state index is -0.405. The third kappa shape index (κ3) is 3.93. The van der Waals surface area contributed by atoms with Crippen molar-refractivity contribution < 1.29 is 18.7 Å². The average molecular weight is 392 g/mol. The maximum absolute atomic E-state index is 14.0. The molecule has 2 aromatic rings. The molecule has 1 N–H and O–H groups in total. The van der Waals surface area contributed by atoms with E-state index in [-0.39, 0.29) is 17.7 Å². The van der Waals surface area contributed by atoms with Crippen molar-refractivity contribution in [2.75, 3.05) is 31.3 Å². The molecule has 0 unspecified atom stereocenters. The monoisotopic (exact) mass is 391 g/mol. The number of pyridine rings is 1. The molecule has 0 saturated carbocycles. The second kappa shape index (κ2) is 7.60. The quantitative estimate of drug-likeness (QED) is 0.866. The summed E-state index contributed by atoms with van der Waals surface area (Å²) < 4.78 is 24.6. The zero-order chi connectivity index (χ0) is 18.8. The summed E-state index contributed by atoms with van der Waals surface area (Å²) in [5, 5.41) is 3.26. The fraction of sp³-hybridized carbons (Fsp3) is 0.368. The van der Waals surface area contributed by atoms with Gasteiger partial charge in [0, 0.05) is 31.4 Å². The van der Waals surface area contributed by atoms with Gasteiger partial charge in [-0.25, -0.2) is 9.37 Å². The number of anilines is 1. The molecule has 1 fully saturated rings. The number of carbonyl (C=O) groups is 1. The van der Waals surface area contributed by atoms with Crippen LogP contribution in [0, 0.1) is 11.7 Å². The van der Waals surface area contributed by atoms with Crippen LogP contribution in [-0.4, -0.2) is 37.3 Å². The van der Waals surface area contributed by atoms with Gasteiger partial charge in [-0.2, -0.15) is 0 Å². The normalized spacial score (nSPS) is 16.4. The van der Waals surface area contributed by atoms with Crippen LogP contribution in [0.25, 0.3) is 0 Å². The first-order valence-corrected chi connectivity index (χ1v) is 9.22. The first kappa shape index (κ1) is 17.9. The van der Waals surface area contributed by atoms with Gasteiger partial charge in [-0.05, 0) is 43.0 Å². The number of carbonyl (C=O) groups excluding carboxylic acids is 1. The molecular weight excluding hydrogens is 373 g/mol. The number of aromatic nitrogens is 1. The number of benzene rings is 1. The van der Waals surface area contributed by atoms with Crippen LogP contribution >= 0.6 is 11.6 Å². The van der Waals surface area contributed by atoms with Gasteiger partial charge in [-0.3, -0.25) is 4.79 Å². The van der Waals surface area contributed by atoms with Crippen LogP contribution < -0.4 is 19.7 Å². The second-order valence-electron chi connectivity index (χ2n) is 6.67. The summed E-state index contributed by atoms with van der Waals surface area (Å²) in [5.74, 6) is 1.38. The molecule has 1 amide bonds. The number of amides is 1. The Balaban J connectivity index is 1.29. The van der Waals surface area contributed by atoms with Crippen molar-refractivity contribution in [1.29, 1.82) is 0 Å². The molecule has 1 aromatic heterocycles. The van der Waals surface area contributed by atoms with E-state index in [0.717, 1.165) is 12.8 Å². The van der Waals surface area contributed by atoms with Gasteiger partial charge in [-0.15, -0.1) is 0 Å². The van der Waals surface area contributed by atoms with Crippen LogP contribution in [-0.2, 0) is 0 Å². The fourth-order valence-corrected chi connectivity index (χ4v) is 3.51. The Hall–Kier alpha value is -2.54. The summed E-state index contributed by atoms with van der Waals surface area (Å²) >= 11 is 5.76. The van der Waals surface area contributed by atoms with Crippen LogP contribution in [0.3, 0.4) is 0 Å². The van der Waals surface area contributed by atoms with E-state index in [4.69, 9.17) is 21.1 Å². The van der Waals surface area contributed by atoms with Crippen molar-refractivity contribution in [3.8, 4) is 11.5 Å². The van der Waals surface area contributed by atoms with Crippen molar-refractivity contribution in [3.05, 3.63) is 46.9 Å². The molecule has 0 spiro atoms. The third-order valence-electron chi connectivity index (χ3n) is 4.89. The first-order valence-electron chi connectivity index (χ1n) is 8.84. The van der Waals surface area contributed by atoms with Crippen molar-refractivity contribution in [2.45, 2.75) is 12.8 Å². The molecule has 1 aromatic carbocycles. The lowest BCUT2D eigenvalue weighted by molar-refractivity contribution is 0.0944. The largest absolute Gasteiger partial charge is 0.454 e. The molecular formula is C19H19ClFN3O3. The lowest BCUT2D eigenvalue weighted by atomic mass is 9.96. The molecule has 8 heteroatoms. The zero-order valence-corrected chi connectivity index (χ0v) is 15.3. The molecule has 0 aliphatic carbocycles. The number of nitrogens with one attached hydrogen (secondary N) is 1. The van der Waals surface area contributed by atoms with Crippen molar-refractivity contribution in [1.82, 2.24) is 10.3 Å². The number of hydrogen-bond acceptors (Lipinski definition) is 5. The van der Waals surface area contributed by atoms with Crippen LogP contribution in [0.2, 0.25) is 5.02 Å². The molecule has 0 bridgehead atoms. The van der Waals surface area contributed by atoms with E-state index >= 15 is 0 Å². The molecule has 142 valence electrons. The minimum Gasteiger partial charge on any atom is -0.454 e. The van der Waals surface area contributed by atoms with Crippen molar-refractivity contribution in [2.24, 2.45) is 5.92 Å². The molecule has 0 radical (unpaired) electrons. The lowest BCUT2D eigenvalue weighted by Gasteiger charge is -2.33. The highest BCUT2D eigenvalue weighted by atomic mass is 35.5. The van der Waals surface area contributed by atoms with Crippen molar-refractivity contribution >= 4 is 23.3 Å². The van der Waals surface area contributed by atoms with Gasteiger partial charge in [0.15, 0.2) is 23.1 Å². The highest BCUT2D eigenvalue weighted by molar-refractivity contribution is 6.30. The maximum Gasteiger partial charge on any atom is 0.251 e. The van der Waals surface area contributed by atoms with E-state index in [9.17, 15) is 9.18 Å². The Bertz CT molecular complexity index is 856. The number of ether oxygens (including phenoxy) is 2. The molecule has 0 atom stereocenters. The van der Waals surface area contributed by atoms with E-state index in [2.05, 4.69) is 10.3 Å². The van der Waals surface area contributed by atoms with E-state index in [1.54, 1.807) is 18.2 Å². The topological polar surface area (TPSA) is 63.7 Å². The molecule has 1 saturated heterocycles. The SMILES string of the molecule is O=C(NCC1CCN(c2ncc(Cl)cc2F)CC1)c1ccc2c(c1)OCO2. The Morgan fingerprint density at radius 1 is 1.26 bits per heavy atom. The van der Waals surface area contributed by atoms with Gasteiger partial charge in [0.2, 0.25) is 6.79 Å². The highest BCUT2D eigenvalue weighted by Crippen LogP contribution is 2.32. The van der Waals surface area contributed by atoms with E-state index in [0.29, 0.717) is 48.4 Å². The Morgan fingerprint density at radius 3 is 2.81 bits per heavy atom. The number of fused-ring (bicyclic) bond motifs is 1.